The van der Waals surface area contributed by atoms with Crippen molar-refractivity contribution >= 4 is 32.6 Å². The van der Waals surface area contributed by atoms with Crippen molar-refractivity contribution in [2.45, 2.75) is 0 Å². The minimum atomic E-state index is 0.738. The van der Waals surface area contributed by atoms with E-state index in [1.807, 2.05) is 24.3 Å². The molecule has 0 saturated heterocycles. The molecular formula is C38H24N4. The van der Waals surface area contributed by atoms with Gasteiger partial charge in [0.2, 0.25) is 0 Å². The molecule has 0 radical (unpaired) electrons. The molecule has 196 valence electrons. The quantitative estimate of drug-likeness (QED) is 0.210. The van der Waals surface area contributed by atoms with Crippen molar-refractivity contribution in [1.29, 1.82) is 0 Å². The van der Waals surface area contributed by atoms with Gasteiger partial charge in [-0.25, -0.2) is 19.9 Å². The van der Waals surface area contributed by atoms with Crippen LogP contribution >= 0.6 is 0 Å². The second kappa shape index (κ2) is 10.0. The number of rotatable bonds is 4. The van der Waals surface area contributed by atoms with Gasteiger partial charge in [0, 0.05) is 39.9 Å². The molecule has 0 fully saturated rings. The summed E-state index contributed by atoms with van der Waals surface area (Å²) in [6.45, 7) is 0. The molecule has 0 saturated carbocycles. The average molecular weight is 537 g/mol. The van der Waals surface area contributed by atoms with E-state index in [9.17, 15) is 0 Å². The molecule has 3 aromatic heterocycles. The maximum atomic E-state index is 5.11. The van der Waals surface area contributed by atoms with Crippen LogP contribution in [0, 0.1) is 0 Å². The third-order valence-electron chi connectivity index (χ3n) is 7.77. The van der Waals surface area contributed by atoms with Crippen LogP contribution in [0.3, 0.4) is 0 Å². The summed E-state index contributed by atoms with van der Waals surface area (Å²) in [4.78, 5) is 18.9. The van der Waals surface area contributed by atoms with Crippen LogP contribution in [-0.4, -0.2) is 19.9 Å². The van der Waals surface area contributed by atoms with Crippen molar-refractivity contribution in [3.05, 3.63) is 146 Å². The van der Waals surface area contributed by atoms with Gasteiger partial charge in [-0.1, -0.05) is 103 Å². The fourth-order valence-corrected chi connectivity index (χ4v) is 5.54. The minimum absolute atomic E-state index is 0.738. The van der Waals surface area contributed by atoms with Crippen LogP contribution in [0.25, 0.3) is 77.6 Å². The molecule has 0 atom stereocenters. The van der Waals surface area contributed by atoms with Crippen molar-refractivity contribution in [3.63, 3.8) is 0 Å². The topological polar surface area (TPSA) is 51.6 Å². The van der Waals surface area contributed by atoms with Crippen LogP contribution in [0.5, 0.6) is 0 Å². The summed E-state index contributed by atoms with van der Waals surface area (Å²) >= 11 is 0. The van der Waals surface area contributed by atoms with E-state index in [0.717, 1.165) is 66.7 Å². The molecule has 0 N–H and O–H groups in total. The highest BCUT2D eigenvalue weighted by Gasteiger charge is 2.10. The Hall–Kier alpha value is -5.74. The second-order valence-corrected chi connectivity index (χ2v) is 10.4. The zero-order valence-electron chi connectivity index (χ0n) is 22.6. The first kappa shape index (κ1) is 24.1. The maximum absolute atomic E-state index is 5.11. The zero-order valence-corrected chi connectivity index (χ0v) is 22.6. The number of hydrogen-bond donors (Lipinski definition) is 0. The Bertz CT molecular complexity index is 2230. The molecule has 4 nitrogen and oxygen atoms in total. The fourth-order valence-electron chi connectivity index (χ4n) is 5.54. The first-order chi connectivity index (χ1) is 20.8. The van der Waals surface area contributed by atoms with Crippen molar-refractivity contribution in [1.82, 2.24) is 19.9 Å². The molecule has 0 unspecified atom stereocenters. The average Bonchev–Trinajstić information content (AvgIpc) is 3.08. The van der Waals surface area contributed by atoms with Gasteiger partial charge < -0.3 is 0 Å². The Morgan fingerprint density at radius 2 is 0.810 bits per heavy atom. The lowest BCUT2D eigenvalue weighted by Gasteiger charge is -2.09. The van der Waals surface area contributed by atoms with E-state index in [2.05, 4.69) is 119 Å². The number of hydrogen-bond acceptors (Lipinski definition) is 4. The molecule has 8 rings (SSSR count). The second-order valence-electron chi connectivity index (χ2n) is 10.4. The molecule has 0 bridgehead atoms. The SMILES string of the molecule is c1ccc(-c2ccc3ccc4ccc(-c5ccc(-c6ccc7cc(-c8ncccn8)ccc7c6)cc5)nc4c3n2)cc1. The summed E-state index contributed by atoms with van der Waals surface area (Å²) in [6.07, 6.45) is 3.54. The lowest BCUT2D eigenvalue weighted by molar-refractivity contribution is 1.18. The number of fused-ring (bicyclic) bond motifs is 4. The van der Waals surface area contributed by atoms with Gasteiger partial charge in [-0.2, -0.15) is 0 Å². The molecule has 4 heteroatoms. The molecule has 8 aromatic rings. The third-order valence-corrected chi connectivity index (χ3v) is 7.77. The molecule has 42 heavy (non-hydrogen) atoms. The first-order valence-electron chi connectivity index (χ1n) is 14.0. The van der Waals surface area contributed by atoms with Crippen LogP contribution in [0.2, 0.25) is 0 Å². The van der Waals surface area contributed by atoms with Gasteiger partial charge in [-0.3, -0.25) is 0 Å². The highest BCUT2D eigenvalue weighted by molar-refractivity contribution is 6.04. The normalized spacial score (nSPS) is 11.3. The largest absolute Gasteiger partial charge is 0.245 e. The highest BCUT2D eigenvalue weighted by atomic mass is 14.8. The Balaban J connectivity index is 1.13. The molecular weight excluding hydrogens is 512 g/mol. The molecule has 0 spiro atoms. The van der Waals surface area contributed by atoms with E-state index in [1.54, 1.807) is 12.4 Å². The summed E-state index contributed by atoms with van der Waals surface area (Å²) in [5, 5.41) is 4.51. The molecule has 5 aromatic carbocycles. The predicted octanol–water partition coefficient (Wildman–Crippen LogP) is 9.39. The van der Waals surface area contributed by atoms with Gasteiger partial charge in [0.15, 0.2) is 5.82 Å². The van der Waals surface area contributed by atoms with Crippen LogP contribution in [-0.2, 0) is 0 Å². The van der Waals surface area contributed by atoms with Gasteiger partial charge in [-0.15, -0.1) is 0 Å². The molecule has 0 aliphatic heterocycles. The Morgan fingerprint density at radius 1 is 0.333 bits per heavy atom. The molecule has 0 amide bonds. The molecule has 0 aliphatic rings. The van der Waals surface area contributed by atoms with E-state index in [-0.39, 0.29) is 0 Å². The number of benzene rings is 5. The van der Waals surface area contributed by atoms with Crippen molar-refractivity contribution in [2.75, 3.05) is 0 Å². The zero-order chi connectivity index (χ0) is 27.9. The third kappa shape index (κ3) is 4.36. The maximum Gasteiger partial charge on any atom is 0.159 e. The lowest BCUT2D eigenvalue weighted by Crippen LogP contribution is -1.91. The van der Waals surface area contributed by atoms with Crippen LogP contribution < -0.4 is 0 Å². The Morgan fingerprint density at radius 3 is 1.45 bits per heavy atom. The van der Waals surface area contributed by atoms with E-state index >= 15 is 0 Å². The van der Waals surface area contributed by atoms with E-state index in [4.69, 9.17) is 9.97 Å². The molecule has 3 heterocycles. The van der Waals surface area contributed by atoms with Crippen molar-refractivity contribution < 1.29 is 0 Å². The first-order valence-corrected chi connectivity index (χ1v) is 14.0. The summed E-state index contributed by atoms with van der Waals surface area (Å²) in [5.74, 6) is 0.738. The lowest BCUT2D eigenvalue weighted by atomic mass is 9.98. The van der Waals surface area contributed by atoms with E-state index in [0.29, 0.717) is 0 Å². The van der Waals surface area contributed by atoms with Crippen LogP contribution in [0.4, 0.5) is 0 Å². The number of pyridine rings is 2. The smallest absolute Gasteiger partial charge is 0.159 e. The van der Waals surface area contributed by atoms with Crippen LogP contribution in [0.15, 0.2) is 146 Å². The van der Waals surface area contributed by atoms with Gasteiger partial charge in [0.1, 0.15) is 0 Å². The fraction of sp³-hybridized carbons (Fsp3) is 0. The summed E-state index contributed by atoms with van der Waals surface area (Å²) in [5.41, 5.74) is 9.25. The summed E-state index contributed by atoms with van der Waals surface area (Å²) in [7, 11) is 0. The predicted molar refractivity (Wildman–Crippen MR) is 172 cm³/mol. The summed E-state index contributed by atoms with van der Waals surface area (Å²) in [6, 6.07) is 46.4. The Labute approximate surface area is 243 Å². The Kier molecular flexibility index (Phi) is 5.75. The van der Waals surface area contributed by atoms with Gasteiger partial charge >= 0.3 is 0 Å². The highest BCUT2D eigenvalue weighted by Crippen LogP contribution is 2.31. The minimum Gasteiger partial charge on any atom is -0.245 e. The van der Waals surface area contributed by atoms with Crippen LogP contribution in [0.1, 0.15) is 0 Å². The number of aromatic nitrogens is 4. The van der Waals surface area contributed by atoms with E-state index < -0.39 is 0 Å². The van der Waals surface area contributed by atoms with E-state index in [1.165, 1.54) is 10.9 Å². The number of nitrogens with zero attached hydrogens (tertiary/aromatic N) is 4. The van der Waals surface area contributed by atoms with Crippen molar-refractivity contribution in [2.24, 2.45) is 0 Å². The molecule has 0 aliphatic carbocycles. The van der Waals surface area contributed by atoms with Gasteiger partial charge in [0.05, 0.1) is 22.4 Å². The van der Waals surface area contributed by atoms with Crippen molar-refractivity contribution in [3.8, 4) is 45.0 Å². The van der Waals surface area contributed by atoms with Gasteiger partial charge in [0.25, 0.3) is 0 Å². The monoisotopic (exact) mass is 536 g/mol. The summed E-state index contributed by atoms with van der Waals surface area (Å²) < 4.78 is 0. The van der Waals surface area contributed by atoms with Gasteiger partial charge in [-0.05, 0) is 52.2 Å². The standard InChI is InChI=1S/C38H24N4/c1-2-5-26(6-3-1)34-19-17-28-11-12-29-18-20-35(42-37(29)36(28)41-34)27-9-7-25(8-10-27)30-13-14-32-24-33(16-15-31(32)23-30)38-39-21-4-22-40-38/h1-24H.